The number of Topliss-reactive ketones (excluding diaryl/α,β-unsaturated/α-hetero) is 2. The third-order valence-corrected chi connectivity index (χ3v) is 4.60. The van der Waals surface area contributed by atoms with Gasteiger partial charge in [0.05, 0.1) is 0 Å². The van der Waals surface area contributed by atoms with Crippen LogP contribution in [-0.2, 0) is 14.3 Å². The summed E-state index contributed by atoms with van der Waals surface area (Å²) in [7, 11) is 0. The lowest BCUT2D eigenvalue weighted by molar-refractivity contribution is -0.166. The van der Waals surface area contributed by atoms with Crippen molar-refractivity contribution in [2.45, 2.75) is 45.6 Å². The van der Waals surface area contributed by atoms with Crippen molar-refractivity contribution >= 4 is 23.3 Å². The van der Waals surface area contributed by atoms with Crippen LogP contribution in [0.25, 0.3) is 0 Å². The lowest BCUT2D eigenvalue weighted by Gasteiger charge is -2.32. The fraction of sp³-hybridized carbons (Fsp3) is 0.400. The van der Waals surface area contributed by atoms with Crippen molar-refractivity contribution in [1.29, 1.82) is 0 Å². The molecule has 0 amide bonds. The standard InChI is InChI=1S/C20H20O5/c1-19(2,3)25-18(24)20(10-6-9-16(20)22)14-11-15(21)12-7-4-5-8-13(12)17(14)23/h4-5,7-8,11H,6,9-10H2,1-3H3/t20-/m0/s1. The van der Waals surface area contributed by atoms with E-state index in [1.54, 1.807) is 45.0 Å². The molecule has 2 aliphatic rings. The van der Waals surface area contributed by atoms with Crippen LogP contribution in [0.4, 0.5) is 0 Å². The molecule has 0 aromatic heterocycles. The average Bonchev–Trinajstić information content (AvgIpc) is 2.92. The second-order valence-corrected chi connectivity index (χ2v) is 7.48. The van der Waals surface area contributed by atoms with Crippen LogP contribution in [0.15, 0.2) is 35.9 Å². The van der Waals surface area contributed by atoms with Gasteiger partial charge in [0.15, 0.2) is 22.8 Å². The molecule has 5 nitrogen and oxygen atoms in total. The van der Waals surface area contributed by atoms with Gasteiger partial charge in [0.1, 0.15) is 5.60 Å². The van der Waals surface area contributed by atoms with Gasteiger partial charge in [-0.05, 0) is 39.7 Å². The maximum absolute atomic E-state index is 13.0. The maximum atomic E-state index is 13.0. The van der Waals surface area contributed by atoms with E-state index < -0.39 is 22.8 Å². The number of fused-ring (bicyclic) bond motifs is 1. The second-order valence-electron chi connectivity index (χ2n) is 7.48. The monoisotopic (exact) mass is 340 g/mol. The number of rotatable bonds is 2. The summed E-state index contributed by atoms with van der Waals surface area (Å²) in [6.07, 6.45) is 2.02. The zero-order chi connectivity index (χ0) is 18.4. The van der Waals surface area contributed by atoms with E-state index in [0.29, 0.717) is 12.0 Å². The molecule has 0 unspecified atom stereocenters. The molecule has 130 valence electrons. The van der Waals surface area contributed by atoms with Gasteiger partial charge in [0.25, 0.3) is 0 Å². The molecule has 1 fully saturated rings. The highest BCUT2D eigenvalue weighted by Gasteiger charge is 2.56. The lowest BCUT2D eigenvalue weighted by atomic mass is 9.71. The molecular formula is C20H20O5. The van der Waals surface area contributed by atoms with E-state index >= 15 is 0 Å². The van der Waals surface area contributed by atoms with E-state index in [1.165, 1.54) is 0 Å². The van der Waals surface area contributed by atoms with Crippen molar-refractivity contribution in [2.75, 3.05) is 0 Å². The van der Waals surface area contributed by atoms with Gasteiger partial charge in [0, 0.05) is 23.1 Å². The van der Waals surface area contributed by atoms with Gasteiger partial charge in [-0.1, -0.05) is 24.3 Å². The van der Waals surface area contributed by atoms with Crippen LogP contribution >= 0.6 is 0 Å². The molecule has 0 bridgehead atoms. The minimum Gasteiger partial charge on any atom is -0.459 e. The Morgan fingerprint density at radius 1 is 1.08 bits per heavy atom. The number of ether oxygens (including phenoxy) is 1. The van der Waals surface area contributed by atoms with Crippen LogP contribution in [0, 0.1) is 5.41 Å². The minimum atomic E-state index is -1.67. The highest BCUT2D eigenvalue weighted by atomic mass is 16.6. The van der Waals surface area contributed by atoms with Gasteiger partial charge in [-0.2, -0.15) is 0 Å². The van der Waals surface area contributed by atoms with E-state index in [2.05, 4.69) is 0 Å². The maximum Gasteiger partial charge on any atom is 0.324 e. The highest BCUT2D eigenvalue weighted by molar-refractivity contribution is 6.29. The Labute approximate surface area is 146 Å². The molecule has 25 heavy (non-hydrogen) atoms. The number of hydrogen-bond donors (Lipinski definition) is 0. The topological polar surface area (TPSA) is 77.5 Å². The molecule has 1 aromatic rings. The fourth-order valence-corrected chi connectivity index (χ4v) is 3.48. The molecule has 0 saturated heterocycles. The summed E-state index contributed by atoms with van der Waals surface area (Å²) in [5, 5.41) is 0. The molecule has 1 atom stereocenters. The summed E-state index contributed by atoms with van der Waals surface area (Å²) < 4.78 is 5.46. The van der Waals surface area contributed by atoms with Gasteiger partial charge in [-0.15, -0.1) is 0 Å². The van der Waals surface area contributed by atoms with Gasteiger partial charge in [0.2, 0.25) is 0 Å². The number of carbonyl (C=O) groups is 4. The number of benzene rings is 1. The molecular weight excluding hydrogens is 320 g/mol. The number of esters is 1. The first-order chi connectivity index (χ1) is 11.7. The molecule has 5 heteroatoms. The van der Waals surface area contributed by atoms with E-state index in [-0.39, 0.29) is 35.5 Å². The summed E-state index contributed by atoms with van der Waals surface area (Å²) in [5.74, 6) is -1.91. The van der Waals surface area contributed by atoms with Crippen molar-refractivity contribution < 1.29 is 23.9 Å². The number of allylic oxidation sites excluding steroid dienone is 1. The Kier molecular flexibility index (Phi) is 3.98. The molecule has 0 spiro atoms. The zero-order valence-corrected chi connectivity index (χ0v) is 14.5. The van der Waals surface area contributed by atoms with Crippen LogP contribution in [-0.4, -0.2) is 28.9 Å². The predicted molar refractivity (Wildman–Crippen MR) is 90.3 cm³/mol. The third-order valence-electron chi connectivity index (χ3n) is 4.60. The summed E-state index contributed by atoms with van der Waals surface area (Å²) in [6, 6.07) is 6.45. The third kappa shape index (κ3) is 2.73. The Bertz CT molecular complexity index is 825. The van der Waals surface area contributed by atoms with Gasteiger partial charge in [-0.25, -0.2) is 0 Å². The largest absolute Gasteiger partial charge is 0.459 e. The van der Waals surface area contributed by atoms with Crippen LogP contribution in [0.5, 0.6) is 0 Å². The summed E-state index contributed by atoms with van der Waals surface area (Å²) in [6.45, 7) is 5.11. The molecule has 0 radical (unpaired) electrons. The van der Waals surface area contributed by atoms with Crippen molar-refractivity contribution in [2.24, 2.45) is 5.41 Å². The Morgan fingerprint density at radius 2 is 1.72 bits per heavy atom. The summed E-state index contributed by atoms with van der Waals surface area (Å²) >= 11 is 0. The molecule has 1 aromatic carbocycles. The molecule has 0 N–H and O–H groups in total. The minimum absolute atomic E-state index is 0.0482. The van der Waals surface area contributed by atoms with E-state index in [4.69, 9.17) is 4.74 Å². The first kappa shape index (κ1) is 17.3. The Morgan fingerprint density at radius 3 is 2.28 bits per heavy atom. The molecule has 1 saturated carbocycles. The van der Waals surface area contributed by atoms with Crippen LogP contribution in [0.2, 0.25) is 0 Å². The van der Waals surface area contributed by atoms with Gasteiger partial charge in [-0.3, -0.25) is 19.2 Å². The smallest absolute Gasteiger partial charge is 0.324 e. The highest BCUT2D eigenvalue weighted by Crippen LogP contribution is 2.46. The van der Waals surface area contributed by atoms with E-state index in [9.17, 15) is 19.2 Å². The first-order valence-electron chi connectivity index (χ1n) is 8.34. The van der Waals surface area contributed by atoms with Crippen LogP contribution in [0.1, 0.15) is 60.7 Å². The molecule has 0 heterocycles. The van der Waals surface area contributed by atoms with Crippen LogP contribution < -0.4 is 0 Å². The van der Waals surface area contributed by atoms with E-state index in [0.717, 1.165) is 6.08 Å². The number of carbonyl (C=O) groups excluding carboxylic acids is 4. The van der Waals surface area contributed by atoms with Gasteiger partial charge < -0.3 is 4.74 Å². The zero-order valence-electron chi connectivity index (χ0n) is 14.5. The molecule has 2 aliphatic carbocycles. The average molecular weight is 340 g/mol. The number of ketones is 3. The quantitative estimate of drug-likeness (QED) is 0.611. The van der Waals surface area contributed by atoms with Gasteiger partial charge >= 0.3 is 5.97 Å². The molecule has 3 rings (SSSR count). The summed E-state index contributed by atoms with van der Waals surface area (Å²) in [5.41, 5.74) is -2.00. The van der Waals surface area contributed by atoms with Crippen molar-refractivity contribution in [3.8, 4) is 0 Å². The Balaban J connectivity index is 2.13. The summed E-state index contributed by atoms with van der Waals surface area (Å²) in [4.78, 5) is 51.0. The van der Waals surface area contributed by atoms with Crippen LogP contribution in [0.3, 0.4) is 0 Å². The van der Waals surface area contributed by atoms with E-state index in [1.807, 2.05) is 0 Å². The lowest BCUT2D eigenvalue weighted by Crippen LogP contribution is -2.45. The van der Waals surface area contributed by atoms with Crippen molar-refractivity contribution in [3.63, 3.8) is 0 Å². The normalized spacial score (nSPS) is 23.3. The first-order valence-corrected chi connectivity index (χ1v) is 8.34. The van der Waals surface area contributed by atoms with Crippen molar-refractivity contribution in [3.05, 3.63) is 47.0 Å². The molecule has 0 aliphatic heterocycles. The van der Waals surface area contributed by atoms with Crippen molar-refractivity contribution in [1.82, 2.24) is 0 Å². The predicted octanol–water partition coefficient (Wildman–Crippen LogP) is 3.07. The number of hydrogen-bond acceptors (Lipinski definition) is 5. The SMILES string of the molecule is CC(C)(C)OC(=O)[C@]1(C2=CC(=O)c3ccccc3C2=O)CCCC1=O. The fourth-order valence-electron chi connectivity index (χ4n) is 3.48. The second kappa shape index (κ2) is 5.76. The Hall–Kier alpha value is -2.56.